The first-order valence-electron chi connectivity index (χ1n) is 8.53. The minimum atomic E-state index is 0.174. The monoisotopic (exact) mass is 344 g/mol. The van der Waals surface area contributed by atoms with Gasteiger partial charge in [-0.1, -0.05) is 62.6 Å². The molecule has 0 heterocycles. The minimum absolute atomic E-state index is 0.174. The third-order valence-corrected chi connectivity index (χ3v) is 7.20. The number of hydrogen-bond acceptors (Lipinski definition) is 2. The molecule has 2 aromatic rings. The van der Waals surface area contributed by atoms with E-state index in [9.17, 15) is 0 Å². The summed E-state index contributed by atoms with van der Waals surface area (Å²) in [6, 6.07) is 17.5. The minimum Gasteiger partial charge on any atom is -0.108 e. The molecule has 0 aromatic heterocycles. The zero-order chi connectivity index (χ0) is 16.7. The van der Waals surface area contributed by atoms with E-state index in [0.717, 1.165) is 0 Å². The first-order chi connectivity index (χ1) is 11.0. The number of unbranched alkanes of at least 4 members (excludes halogenated alkanes) is 2. The van der Waals surface area contributed by atoms with E-state index in [1.165, 1.54) is 46.6 Å². The predicted molar refractivity (Wildman–Crippen MR) is 107 cm³/mol. The summed E-state index contributed by atoms with van der Waals surface area (Å²) in [5.74, 6) is 0. The maximum atomic E-state index is 2.41. The number of benzene rings is 2. The molecule has 0 spiro atoms. The van der Waals surface area contributed by atoms with E-state index in [2.05, 4.69) is 76.2 Å². The molecule has 0 nitrogen and oxygen atoms in total. The average Bonchev–Trinajstić information content (AvgIpc) is 2.52. The van der Waals surface area contributed by atoms with Gasteiger partial charge >= 0.3 is 0 Å². The molecule has 2 rings (SSSR count). The molecule has 2 heteroatoms. The first-order valence-corrected chi connectivity index (χ1v) is 10.2. The first kappa shape index (κ1) is 18.5. The molecular weight excluding hydrogens is 316 g/mol. The zero-order valence-electron chi connectivity index (χ0n) is 14.8. The normalized spacial score (nSPS) is 11.7. The molecular formula is C21H28S2. The maximum absolute atomic E-state index is 2.41. The Labute approximate surface area is 150 Å². The highest BCUT2D eigenvalue weighted by Gasteiger charge is 2.27. The lowest BCUT2D eigenvalue weighted by atomic mass is 10.2. The van der Waals surface area contributed by atoms with Crippen LogP contribution in [0.4, 0.5) is 0 Å². The quantitative estimate of drug-likeness (QED) is 0.276. The van der Waals surface area contributed by atoms with Crippen LogP contribution in [0.25, 0.3) is 0 Å². The fourth-order valence-electron chi connectivity index (χ4n) is 2.63. The van der Waals surface area contributed by atoms with Crippen molar-refractivity contribution in [1.29, 1.82) is 0 Å². The summed E-state index contributed by atoms with van der Waals surface area (Å²) in [5.41, 5.74) is 2.76. The van der Waals surface area contributed by atoms with Crippen molar-refractivity contribution in [2.45, 2.75) is 67.2 Å². The van der Waals surface area contributed by atoms with Crippen LogP contribution < -0.4 is 0 Å². The van der Waals surface area contributed by atoms with E-state index >= 15 is 0 Å². The summed E-state index contributed by atoms with van der Waals surface area (Å²) in [6.07, 6.45) is 5.13. The van der Waals surface area contributed by atoms with Gasteiger partial charge in [-0.15, -0.1) is 23.5 Å². The van der Waals surface area contributed by atoms with Gasteiger partial charge in [-0.25, -0.2) is 0 Å². The van der Waals surface area contributed by atoms with E-state index < -0.39 is 0 Å². The third-order valence-electron chi connectivity index (χ3n) is 4.07. The Morgan fingerprint density at radius 3 is 1.70 bits per heavy atom. The molecule has 0 bridgehead atoms. The van der Waals surface area contributed by atoms with Crippen molar-refractivity contribution >= 4 is 23.5 Å². The molecule has 0 amide bonds. The molecule has 0 aliphatic heterocycles. The summed E-state index contributed by atoms with van der Waals surface area (Å²) in [4.78, 5) is 2.82. The zero-order valence-corrected chi connectivity index (χ0v) is 16.4. The van der Waals surface area contributed by atoms with Crippen molar-refractivity contribution in [2.75, 3.05) is 0 Å². The van der Waals surface area contributed by atoms with Crippen LogP contribution in [0.5, 0.6) is 0 Å². The lowest BCUT2D eigenvalue weighted by molar-refractivity contribution is 0.644. The van der Waals surface area contributed by atoms with Crippen LogP contribution in [0.15, 0.2) is 58.3 Å². The van der Waals surface area contributed by atoms with E-state index in [4.69, 9.17) is 0 Å². The lowest BCUT2D eigenvalue weighted by Gasteiger charge is -2.30. The largest absolute Gasteiger partial charge is 0.108 e. The van der Waals surface area contributed by atoms with Crippen molar-refractivity contribution in [3.63, 3.8) is 0 Å². The molecule has 0 saturated carbocycles. The molecule has 124 valence electrons. The summed E-state index contributed by atoms with van der Waals surface area (Å²) in [5, 5.41) is 0. The summed E-state index contributed by atoms with van der Waals surface area (Å²) < 4.78 is 0.174. The number of hydrogen-bond donors (Lipinski definition) is 0. The molecule has 0 aliphatic carbocycles. The predicted octanol–water partition coefficient (Wildman–Crippen LogP) is 7.48. The van der Waals surface area contributed by atoms with Crippen LogP contribution in [-0.2, 0) is 0 Å². The Kier molecular flexibility index (Phi) is 7.10. The summed E-state index contributed by atoms with van der Waals surface area (Å²) >= 11 is 4.07. The van der Waals surface area contributed by atoms with Crippen molar-refractivity contribution < 1.29 is 0 Å². The highest BCUT2D eigenvalue weighted by molar-refractivity contribution is 8.18. The van der Waals surface area contributed by atoms with Crippen LogP contribution in [-0.4, -0.2) is 4.08 Å². The topological polar surface area (TPSA) is 0 Å². The van der Waals surface area contributed by atoms with Gasteiger partial charge in [0, 0.05) is 9.79 Å². The van der Waals surface area contributed by atoms with Gasteiger partial charge in [0.05, 0.1) is 4.08 Å². The fourth-order valence-corrected chi connectivity index (χ4v) is 5.51. The van der Waals surface area contributed by atoms with Crippen LogP contribution in [0.2, 0.25) is 0 Å². The number of rotatable bonds is 8. The summed E-state index contributed by atoms with van der Waals surface area (Å²) in [7, 11) is 0. The molecule has 2 aromatic carbocycles. The van der Waals surface area contributed by atoms with Crippen LogP contribution >= 0.6 is 23.5 Å². The number of thioether (sulfide) groups is 2. The van der Waals surface area contributed by atoms with Gasteiger partial charge in [0.2, 0.25) is 0 Å². The van der Waals surface area contributed by atoms with Gasteiger partial charge in [-0.05, 0) is 50.5 Å². The lowest BCUT2D eigenvalue weighted by Crippen LogP contribution is -2.15. The molecule has 0 saturated heterocycles. The van der Waals surface area contributed by atoms with E-state index in [-0.39, 0.29) is 4.08 Å². The second kappa shape index (κ2) is 8.84. The van der Waals surface area contributed by atoms with Crippen LogP contribution in [0.1, 0.15) is 50.7 Å². The van der Waals surface area contributed by atoms with Gasteiger partial charge < -0.3 is 0 Å². The van der Waals surface area contributed by atoms with Gasteiger partial charge in [-0.3, -0.25) is 0 Å². The van der Waals surface area contributed by atoms with E-state index in [0.29, 0.717) is 0 Å². The molecule has 0 atom stereocenters. The molecule has 0 unspecified atom stereocenters. The summed E-state index contributed by atoms with van der Waals surface area (Å²) in [6.45, 7) is 9.12. The smallest absolute Gasteiger partial charge is 0.0677 e. The number of aryl methyl sites for hydroxylation is 2. The van der Waals surface area contributed by atoms with E-state index in [1.807, 2.05) is 23.5 Å². The Morgan fingerprint density at radius 1 is 0.783 bits per heavy atom. The Bertz CT molecular complexity index is 571. The van der Waals surface area contributed by atoms with Crippen molar-refractivity contribution in [3.05, 3.63) is 59.7 Å². The second-order valence-electron chi connectivity index (χ2n) is 6.33. The molecule has 0 N–H and O–H groups in total. The van der Waals surface area contributed by atoms with Crippen LogP contribution in [0, 0.1) is 13.8 Å². The van der Waals surface area contributed by atoms with Crippen molar-refractivity contribution in [1.82, 2.24) is 0 Å². The molecule has 23 heavy (non-hydrogen) atoms. The standard InChI is InChI=1S/C21H28S2/c1-5-6-11-16-21(4,22-19-14-9-7-12-17(19)2)23-20-15-10-8-13-18(20)3/h7-10,12-15H,5-6,11,16H2,1-4H3. The SMILES string of the molecule is CCCCCC(C)(Sc1ccccc1C)Sc1ccccc1C. The van der Waals surface area contributed by atoms with Gasteiger partial charge in [0.25, 0.3) is 0 Å². The molecule has 0 aliphatic rings. The average molecular weight is 345 g/mol. The Hall–Kier alpha value is -0.860. The molecule has 0 radical (unpaired) electrons. The Morgan fingerprint density at radius 2 is 1.26 bits per heavy atom. The van der Waals surface area contributed by atoms with Gasteiger partial charge in [-0.2, -0.15) is 0 Å². The van der Waals surface area contributed by atoms with E-state index in [1.54, 1.807) is 0 Å². The van der Waals surface area contributed by atoms with Gasteiger partial charge in [0.15, 0.2) is 0 Å². The maximum Gasteiger partial charge on any atom is 0.0677 e. The molecule has 0 fully saturated rings. The fraction of sp³-hybridized carbons (Fsp3) is 0.429. The van der Waals surface area contributed by atoms with Crippen molar-refractivity contribution in [2.24, 2.45) is 0 Å². The van der Waals surface area contributed by atoms with Crippen molar-refractivity contribution in [3.8, 4) is 0 Å². The second-order valence-corrected chi connectivity index (χ2v) is 9.67. The highest BCUT2D eigenvalue weighted by atomic mass is 32.2. The highest BCUT2D eigenvalue weighted by Crippen LogP contribution is 2.49. The van der Waals surface area contributed by atoms with Crippen LogP contribution in [0.3, 0.4) is 0 Å². The Balaban J connectivity index is 2.21. The van der Waals surface area contributed by atoms with Gasteiger partial charge in [0.1, 0.15) is 0 Å². The third kappa shape index (κ3) is 5.61.